The number of carbonyl (C=O) groups excluding carboxylic acids is 1. The molecule has 1 saturated heterocycles. The molecule has 0 unspecified atom stereocenters. The number of nitrogens with one attached hydrogen (secondary N) is 1. The molecule has 2 aromatic carbocycles. The number of imidazole rings is 1. The van der Waals surface area contributed by atoms with E-state index in [2.05, 4.69) is 20.9 Å². The van der Waals surface area contributed by atoms with Gasteiger partial charge >= 0.3 is 6.03 Å². The zero-order valence-electron chi connectivity index (χ0n) is 16.3. The summed E-state index contributed by atoms with van der Waals surface area (Å²) in [5, 5.41) is 3.06. The summed E-state index contributed by atoms with van der Waals surface area (Å²) in [6.07, 6.45) is -0.0833. The van der Waals surface area contributed by atoms with Crippen LogP contribution in [0.15, 0.2) is 54.6 Å². The van der Waals surface area contributed by atoms with Crippen LogP contribution in [0.4, 0.5) is 4.79 Å². The zero-order chi connectivity index (χ0) is 19.5. The largest absolute Gasteiger partial charge is 0.367 e. The third-order valence-electron chi connectivity index (χ3n) is 5.18. The average molecular weight is 378 g/mol. The molecule has 3 aromatic rings. The van der Waals surface area contributed by atoms with E-state index in [1.165, 1.54) is 0 Å². The first-order chi connectivity index (χ1) is 13.6. The summed E-state index contributed by atoms with van der Waals surface area (Å²) in [4.78, 5) is 19.2. The lowest BCUT2D eigenvalue weighted by atomic mass is 10.1. The van der Waals surface area contributed by atoms with Crippen LogP contribution in [0.5, 0.6) is 0 Å². The molecule has 0 aliphatic carbocycles. The van der Waals surface area contributed by atoms with Crippen molar-refractivity contribution < 1.29 is 9.53 Å². The van der Waals surface area contributed by atoms with Crippen molar-refractivity contribution in [1.82, 2.24) is 19.8 Å². The van der Waals surface area contributed by atoms with Gasteiger partial charge in [-0.05, 0) is 31.5 Å². The molecule has 1 aliphatic rings. The first-order valence-corrected chi connectivity index (χ1v) is 9.77. The second-order valence-corrected chi connectivity index (χ2v) is 7.28. The van der Waals surface area contributed by atoms with Crippen LogP contribution in [0.2, 0.25) is 0 Å². The molecule has 6 heteroatoms. The van der Waals surface area contributed by atoms with E-state index in [0.717, 1.165) is 22.4 Å². The second kappa shape index (κ2) is 8.02. The van der Waals surface area contributed by atoms with Gasteiger partial charge in [0.25, 0.3) is 0 Å². The Bertz CT molecular complexity index is 954. The molecule has 4 rings (SSSR count). The third-order valence-corrected chi connectivity index (χ3v) is 5.18. The molecular weight excluding hydrogens is 352 g/mol. The molecular formula is C22H26N4O2. The van der Waals surface area contributed by atoms with Crippen LogP contribution >= 0.6 is 0 Å². The first-order valence-electron chi connectivity index (χ1n) is 9.77. The van der Waals surface area contributed by atoms with Gasteiger partial charge in [-0.15, -0.1) is 0 Å². The standard InChI is InChI=1S/C22H26N4O2/c1-16-14-25(15-21(28-16)18-8-4-3-5-9-18)22(27)23-12-13-26-17(2)24-19-10-6-7-11-20(19)26/h3-11,16,21H,12-15H2,1-2H3,(H,23,27)/t16-,21+/m1/s1. The molecule has 28 heavy (non-hydrogen) atoms. The van der Waals surface area contributed by atoms with E-state index in [1.54, 1.807) is 0 Å². The summed E-state index contributed by atoms with van der Waals surface area (Å²) < 4.78 is 8.19. The molecule has 1 aromatic heterocycles. The third kappa shape index (κ3) is 3.87. The Morgan fingerprint density at radius 1 is 1.14 bits per heavy atom. The molecule has 146 valence electrons. The number of aryl methyl sites for hydroxylation is 1. The van der Waals surface area contributed by atoms with Gasteiger partial charge in [-0.3, -0.25) is 0 Å². The van der Waals surface area contributed by atoms with Crippen molar-refractivity contribution in [2.75, 3.05) is 19.6 Å². The van der Waals surface area contributed by atoms with Gasteiger partial charge in [0.05, 0.1) is 23.7 Å². The molecule has 2 atom stereocenters. The number of rotatable bonds is 4. The lowest BCUT2D eigenvalue weighted by Gasteiger charge is -2.37. The van der Waals surface area contributed by atoms with Crippen molar-refractivity contribution in [1.29, 1.82) is 0 Å². The Labute approximate surface area is 165 Å². The minimum atomic E-state index is -0.0875. The van der Waals surface area contributed by atoms with E-state index in [0.29, 0.717) is 26.2 Å². The van der Waals surface area contributed by atoms with E-state index in [4.69, 9.17) is 4.74 Å². The number of para-hydroxylation sites is 2. The lowest BCUT2D eigenvalue weighted by molar-refractivity contribution is -0.0656. The van der Waals surface area contributed by atoms with E-state index >= 15 is 0 Å². The maximum Gasteiger partial charge on any atom is 0.317 e. The van der Waals surface area contributed by atoms with Crippen LogP contribution in [-0.4, -0.2) is 46.2 Å². The highest BCUT2D eigenvalue weighted by Crippen LogP contribution is 2.25. The van der Waals surface area contributed by atoms with E-state index in [9.17, 15) is 4.79 Å². The average Bonchev–Trinajstić information content (AvgIpc) is 3.03. The molecule has 0 saturated carbocycles. The predicted molar refractivity (Wildman–Crippen MR) is 109 cm³/mol. The number of aromatic nitrogens is 2. The van der Waals surface area contributed by atoms with Gasteiger partial charge in [0.15, 0.2) is 0 Å². The molecule has 0 spiro atoms. The minimum Gasteiger partial charge on any atom is -0.367 e. The summed E-state index contributed by atoms with van der Waals surface area (Å²) in [6.45, 7) is 6.42. The van der Waals surface area contributed by atoms with Crippen molar-refractivity contribution in [3.8, 4) is 0 Å². The van der Waals surface area contributed by atoms with Gasteiger partial charge in [-0.1, -0.05) is 42.5 Å². The summed E-state index contributed by atoms with van der Waals surface area (Å²) >= 11 is 0. The maximum atomic E-state index is 12.7. The van der Waals surface area contributed by atoms with Crippen molar-refractivity contribution in [3.05, 3.63) is 66.0 Å². The van der Waals surface area contributed by atoms with Gasteiger partial charge < -0.3 is 19.5 Å². The Hall–Kier alpha value is -2.86. The fourth-order valence-corrected chi connectivity index (χ4v) is 3.83. The number of ether oxygens (including phenoxy) is 1. The molecule has 1 N–H and O–H groups in total. The predicted octanol–water partition coefficient (Wildman–Crippen LogP) is 3.52. The van der Waals surface area contributed by atoms with Gasteiger partial charge in [0.2, 0.25) is 0 Å². The van der Waals surface area contributed by atoms with E-state index in [-0.39, 0.29) is 18.2 Å². The Kier molecular flexibility index (Phi) is 5.30. The molecule has 1 aliphatic heterocycles. The van der Waals surface area contributed by atoms with Crippen LogP contribution in [0.25, 0.3) is 11.0 Å². The lowest BCUT2D eigenvalue weighted by Crippen LogP contribution is -2.50. The number of urea groups is 1. The number of hydrogen-bond donors (Lipinski definition) is 1. The highest BCUT2D eigenvalue weighted by atomic mass is 16.5. The van der Waals surface area contributed by atoms with Gasteiger partial charge in [0.1, 0.15) is 11.9 Å². The topological polar surface area (TPSA) is 59.4 Å². The molecule has 6 nitrogen and oxygen atoms in total. The number of hydrogen-bond acceptors (Lipinski definition) is 3. The van der Waals surface area contributed by atoms with Gasteiger partial charge in [-0.2, -0.15) is 0 Å². The maximum absolute atomic E-state index is 12.7. The fraction of sp³-hybridized carbons (Fsp3) is 0.364. The van der Waals surface area contributed by atoms with Crippen LogP contribution in [0.1, 0.15) is 24.4 Å². The number of carbonyl (C=O) groups is 1. The smallest absolute Gasteiger partial charge is 0.317 e. The highest BCUT2D eigenvalue weighted by molar-refractivity contribution is 5.76. The molecule has 2 amide bonds. The Morgan fingerprint density at radius 2 is 1.89 bits per heavy atom. The Morgan fingerprint density at radius 3 is 2.71 bits per heavy atom. The quantitative estimate of drug-likeness (QED) is 0.756. The van der Waals surface area contributed by atoms with E-state index < -0.39 is 0 Å². The minimum absolute atomic E-state index is 0.00421. The summed E-state index contributed by atoms with van der Waals surface area (Å²) in [7, 11) is 0. The first kappa shape index (κ1) is 18.5. The Balaban J connectivity index is 1.37. The van der Waals surface area contributed by atoms with Crippen molar-refractivity contribution >= 4 is 17.1 Å². The monoisotopic (exact) mass is 378 g/mol. The van der Waals surface area contributed by atoms with Crippen LogP contribution in [0.3, 0.4) is 0 Å². The van der Waals surface area contributed by atoms with Crippen LogP contribution < -0.4 is 5.32 Å². The fourth-order valence-electron chi connectivity index (χ4n) is 3.83. The normalized spacial score (nSPS) is 19.7. The van der Waals surface area contributed by atoms with Crippen molar-refractivity contribution in [3.63, 3.8) is 0 Å². The number of nitrogens with zero attached hydrogens (tertiary/aromatic N) is 3. The van der Waals surface area contributed by atoms with Gasteiger partial charge in [-0.25, -0.2) is 9.78 Å². The number of morpholine rings is 1. The zero-order valence-corrected chi connectivity index (χ0v) is 16.3. The van der Waals surface area contributed by atoms with Crippen LogP contribution in [-0.2, 0) is 11.3 Å². The summed E-state index contributed by atoms with van der Waals surface area (Å²) in [5.74, 6) is 0.958. The number of fused-ring (bicyclic) bond motifs is 1. The van der Waals surface area contributed by atoms with Gasteiger partial charge in [0, 0.05) is 19.6 Å². The van der Waals surface area contributed by atoms with Crippen molar-refractivity contribution in [2.45, 2.75) is 32.6 Å². The summed E-state index contributed by atoms with van der Waals surface area (Å²) in [6, 6.07) is 18.1. The summed E-state index contributed by atoms with van der Waals surface area (Å²) in [5.41, 5.74) is 3.18. The molecule has 1 fully saturated rings. The van der Waals surface area contributed by atoms with Crippen molar-refractivity contribution in [2.24, 2.45) is 0 Å². The molecule has 0 radical (unpaired) electrons. The number of benzene rings is 2. The van der Waals surface area contributed by atoms with Crippen LogP contribution in [0, 0.1) is 6.92 Å². The molecule has 2 heterocycles. The second-order valence-electron chi connectivity index (χ2n) is 7.28. The SMILES string of the molecule is Cc1nc2ccccc2n1CCNC(=O)N1C[C@@H](C)O[C@H](c2ccccc2)C1. The van der Waals surface area contributed by atoms with E-state index in [1.807, 2.05) is 67.3 Å². The highest BCUT2D eigenvalue weighted by Gasteiger charge is 2.29. The number of amides is 2. The molecule has 0 bridgehead atoms.